The van der Waals surface area contributed by atoms with E-state index in [1.807, 2.05) is 20.2 Å². The standard InChI is InChI=1S/C21H28FN3O/c1-4-25(15-17-9-11-19(12-10-17)24(2)3)16-21(26)23-14-13-18-7-5-6-8-20(18)22/h5-12H,4,13-16H2,1-3H3,(H,23,26)/p+1. The van der Waals surface area contributed by atoms with Gasteiger partial charge in [-0.3, -0.25) is 4.79 Å². The van der Waals surface area contributed by atoms with Crippen LogP contribution in [0.3, 0.4) is 0 Å². The Morgan fingerprint density at radius 1 is 1.12 bits per heavy atom. The summed E-state index contributed by atoms with van der Waals surface area (Å²) in [7, 11) is 4.04. The van der Waals surface area contributed by atoms with E-state index in [0.29, 0.717) is 25.1 Å². The first-order valence-corrected chi connectivity index (χ1v) is 9.09. The summed E-state index contributed by atoms with van der Waals surface area (Å²) in [6, 6.07) is 15.1. The Hall–Kier alpha value is -2.40. The van der Waals surface area contributed by atoms with Gasteiger partial charge in [0.1, 0.15) is 12.4 Å². The predicted octanol–water partition coefficient (Wildman–Crippen LogP) is 1.66. The van der Waals surface area contributed by atoms with Crippen LogP contribution in [0.2, 0.25) is 0 Å². The molecule has 0 aliphatic heterocycles. The molecule has 0 aliphatic carbocycles. The van der Waals surface area contributed by atoms with Gasteiger partial charge >= 0.3 is 0 Å². The van der Waals surface area contributed by atoms with Crippen LogP contribution in [-0.4, -0.2) is 39.6 Å². The molecule has 2 rings (SSSR count). The molecule has 0 heterocycles. The number of amides is 1. The van der Waals surface area contributed by atoms with Gasteiger partial charge in [-0.1, -0.05) is 30.3 Å². The van der Waals surface area contributed by atoms with Gasteiger partial charge in [-0.15, -0.1) is 0 Å². The number of halogens is 1. The van der Waals surface area contributed by atoms with Crippen LogP contribution in [0.4, 0.5) is 10.1 Å². The fraction of sp³-hybridized carbons (Fsp3) is 0.381. The highest BCUT2D eigenvalue weighted by Gasteiger charge is 2.13. The first-order chi connectivity index (χ1) is 12.5. The van der Waals surface area contributed by atoms with Crippen molar-refractivity contribution in [2.45, 2.75) is 19.9 Å². The van der Waals surface area contributed by atoms with Crippen molar-refractivity contribution < 1.29 is 14.1 Å². The zero-order valence-electron chi connectivity index (χ0n) is 15.9. The van der Waals surface area contributed by atoms with E-state index in [1.54, 1.807) is 12.1 Å². The number of carbonyl (C=O) groups is 1. The Morgan fingerprint density at radius 3 is 2.42 bits per heavy atom. The molecule has 4 nitrogen and oxygen atoms in total. The first kappa shape index (κ1) is 19.9. The molecule has 0 spiro atoms. The van der Waals surface area contributed by atoms with Crippen LogP contribution in [0.25, 0.3) is 0 Å². The molecule has 1 atom stereocenters. The van der Waals surface area contributed by atoms with Gasteiger partial charge in [0.2, 0.25) is 0 Å². The minimum absolute atomic E-state index is 0.00287. The van der Waals surface area contributed by atoms with E-state index < -0.39 is 0 Å². The SMILES string of the molecule is CC[NH+](CC(=O)NCCc1ccccc1F)Cc1ccc(N(C)C)cc1. The highest BCUT2D eigenvalue weighted by molar-refractivity contribution is 5.76. The van der Waals surface area contributed by atoms with Crippen LogP contribution >= 0.6 is 0 Å². The van der Waals surface area contributed by atoms with Crippen LogP contribution in [0, 0.1) is 5.82 Å². The lowest BCUT2D eigenvalue weighted by molar-refractivity contribution is -0.904. The summed E-state index contributed by atoms with van der Waals surface area (Å²) in [6.07, 6.45) is 0.506. The normalized spacial score (nSPS) is 11.8. The van der Waals surface area contributed by atoms with E-state index in [0.717, 1.165) is 18.8 Å². The van der Waals surface area contributed by atoms with E-state index in [4.69, 9.17) is 0 Å². The number of benzene rings is 2. The quantitative estimate of drug-likeness (QED) is 0.715. The number of anilines is 1. The maximum absolute atomic E-state index is 13.6. The summed E-state index contributed by atoms with van der Waals surface area (Å²) in [6.45, 7) is 4.63. The lowest BCUT2D eigenvalue weighted by Crippen LogP contribution is -3.11. The van der Waals surface area contributed by atoms with Crippen molar-refractivity contribution in [1.82, 2.24) is 5.32 Å². The molecule has 2 aromatic carbocycles. The van der Waals surface area contributed by atoms with Crippen molar-refractivity contribution >= 4 is 11.6 Å². The molecular weight excluding hydrogens is 329 g/mol. The fourth-order valence-corrected chi connectivity index (χ4v) is 2.84. The third kappa shape index (κ3) is 6.15. The van der Waals surface area contributed by atoms with Crippen LogP contribution in [0.5, 0.6) is 0 Å². The smallest absolute Gasteiger partial charge is 0.275 e. The molecule has 0 aromatic heterocycles. The van der Waals surface area contributed by atoms with Crippen molar-refractivity contribution in [3.05, 3.63) is 65.5 Å². The van der Waals surface area contributed by atoms with E-state index in [2.05, 4.69) is 41.4 Å². The summed E-state index contributed by atoms with van der Waals surface area (Å²) in [4.78, 5) is 15.5. The number of rotatable bonds is 9. The summed E-state index contributed by atoms with van der Waals surface area (Å²) in [5.41, 5.74) is 3.01. The summed E-state index contributed by atoms with van der Waals surface area (Å²) >= 11 is 0. The van der Waals surface area contributed by atoms with Gasteiger partial charge in [0.15, 0.2) is 6.54 Å². The Morgan fingerprint density at radius 2 is 1.81 bits per heavy atom. The molecule has 1 unspecified atom stereocenters. The maximum Gasteiger partial charge on any atom is 0.275 e. The second kappa shape index (κ2) is 9.92. The number of likely N-dealkylation sites (N-methyl/N-ethyl adjacent to an activating group) is 1. The fourth-order valence-electron chi connectivity index (χ4n) is 2.84. The summed E-state index contributed by atoms with van der Waals surface area (Å²) in [5.74, 6) is -0.216. The first-order valence-electron chi connectivity index (χ1n) is 9.09. The monoisotopic (exact) mass is 358 g/mol. The molecule has 5 heteroatoms. The average Bonchev–Trinajstić information content (AvgIpc) is 2.63. The van der Waals surface area contributed by atoms with Crippen LogP contribution < -0.4 is 15.1 Å². The molecule has 2 N–H and O–H groups in total. The molecule has 0 radical (unpaired) electrons. The topological polar surface area (TPSA) is 36.8 Å². The number of quaternary nitrogens is 1. The molecule has 1 amide bonds. The molecule has 0 bridgehead atoms. The Balaban J connectivity index is 1.79. The third-order valence-corrected chi connectivity index (χ3v) is 4.49. The van der Waals surface area contributed by atoms with Gasteiger partial charge in [0.25, 0.3) is 5.91 Å². The van der Waals surface area contributed by atoms with Crippen molar-refractivity contribution in [2.24, 2.45) is 0 Å². The third-order valence-electron chi connectivity index (χ3n) is 4.49. The van der Waals surface area contributed by atoms with Crippen molar-refractivity contribution in [1.29, 1.82) is 0 Å². The van der Waals surface area contributed by atoms with Gasteiger partial charge in [0.05, 0.1) is 6.54 Å². The Bertz CT molecular complexity index is 701. The summed E-state index contributed by atoms with van der Waals surface area (Å²) < 4.78 is 13.6. The molecular formula is C21H29FN3O+. The minimum Gasteiger partial charge on any atom is -0.378 e. The van der Waals surface area contributed by atoms with Crippen molar-refractivity contribution in [2.75, 3.05) is 38.6 Å². The van der Waals surface area contributed by atoms with E-state index in [1.165, 1.54) is 16.5 Å². The molecule has 0 aliphatic rings. The van der Waals surface area contributed by atoms with Gasteiger partial charge in [-0.25, -0.2) is 4.39 Å². The molecule has 0 saturated carbocycles. The van der Waals surface area contributed by atoms with Gasteiger partial charge < -0.3 is 15.1 Å². The lowest BCUT2D eigenvalue weighted by atomic mass is 10.1. The number of hydrogen-bond acceptors (Lipinski definition) is 2. The average molecular weight is 358 g/mol. The predicted molar refractivity (Wildman–Crippen MR) is 104 cm³/mol. The number of nitrogens with one attached hydrogen (secondary N) is 2. The highest BCUT2D eigenvalue weighted by atomic mass is 19.1. The number of nitrogens with zero attached hydrogens (tertiary/aromatic N) is 1. The number of carbonyl (C=O) groups excluding carboxylic acids is 1. The van der Waals surface area contributed by atoms with Gasteiger partial charge in [0, 0.05) is 31.9 Å². The maximum atomic E-state index is 13.6. The largest absolute Gasteiger partial charge is 0.378 e. The lowest BCUT2D eigenvalue weighted by Gasteiger charge is -2.18. The van der Waals surface area contributed by atoms with Crippen molar-refractivity contribution in [3.63, 3.8) is 0 Å². The molecule has 2 aromatic rings. The minimum atomic E-state index is -0.219. The van der Waals surface area contributed by atoms with E-state index in [-0.39, 0.29) is 11.7 Å². The van der Waals surface area contributed by atoms with Gasteiger partial charge in [-0.2, -0.15) is 0 Å². The summed E-state index contributed by atoms with van der Waals surface area (Å²) in [5, 5.41) is 2.90. The zero-order valence-corrected chi connectivity index (χ0v) is 15.9. The van der Waals surface area contributed by atoms with E-state index in [9.17, 15) is 9.18 Å². The molecule has 140 valence electrons. The second-order valence-corrected chi connectivity index (χ2v) is 6.71. The molecule has 26 heavy (non-hydrogen) atoms. The van der Waals surface area contributed by atoms with Crippen LogP contribution in [-0.2, 0) is 17.8 Å². The molecule has 0 saturated heterocycles. The highest BCUT2D eigenvalue weighted by Crippen LogP contribution is 2.11. The van der Waals surface area contributed by atoms with Crippen LogP contribution in [0.15, 0.2) is 48.5 Å². The number of hydrogen-bond donors (Lipinski definition) is 2. The zero-order chi connectivity index (χ0) is 18.9. The van der Waals surface area contributed by atoms with Crippen molar-refractivity contribution in [3.8, 4) is 0 Å². The van der Waals surface area contributed by atoms with Gasteiger partial charge in [-0.05, 0) is 37.1 Å². The Kier molecular flexibility index (Phi) is 7.60. The second-order valence-electron chi connectivity index (χ2n) is 6.71. The molecule has 0 fully saturated rings. The van der Waals surface area contributed by atoms with E-state index >= 15 is 0 Å². The van der Waals surface area contributed by atoms with Crippen LogP contribution in [0.1, 0.15) is 18.1 Å². The Labute approximate surface area is 155 Å².